The molecule has 2 heteroatoms. The minimum atomic E-state index is 0.152. The van der Waals surface area contributed by atoms with E-state index in [0.29, 0.717) is 11.8 Å². The number of aldehydes is 1. The predicted octanol–water partition coefficient (Wildman–Crippen LogP) is 2.86. The third-order valence-corrected chi connectivity index (χ3v) is 2.29. The first-order valence-corrected chi connectivity index (χ1v) is 4.96. The number of phenols is 1. The number of carbonyl (C=O) groups is 1. The molecule has 0 saturated carbocycles. The molecule has 1 aromatic rings. The Labute approximate surface area is 84.6 Å². The van der Waals surface area contributed by atoms with Crippen LogP contribution in [0.15, 0.2) is 12.1 Å². The Hall–Kier alpha value is -1.31. The molecule has 1 N–H and O–H groups in total. The average molecular weight is 192 g/mol. The number of aromatic hydroxyl groups is 1. The van der Waals surface area contributed by atoms with Gasteiger partial charge in [0, 0.05) is 0 Å². The summed E-state index contributed by atoms with van der Waals surface area (Å²) < 4.78 is 0. The molecule has 0 bridgehead atoms. The van der Waals surface area contributed by atoms with Gasteiger partial charge in [0.15, 0.2) is 6.29 Å². The lowest BCUT2D eigenvalue weighted by molar-refractivity contribution is 0.112. The van der Waals surface area contributed by atoms with Crippen LogP contribution in [0, 0.1) is 6.92 Å². The second-order valence-corrected chi connectivity index (χ2v) is 3.58. The largest absolute Gasteiger partial charge is 0.507 e. The number of phenolic OH excluding ortho intramolecular Hbond substituents is 1. The summed E-state index contributed by atoms with van der Waals surface area (Å²) >= 11 is 0. The van der Waals surface area contributed by atoms with Gasteiger partial charge in [-0.2, -0.15) is 0 Å². The normalized spacial score (nSPS) is 10.1. The zero-order valence-corrected chi connectivity index (χ0v) is 8.71. The third kappa shape index (κ3) is 2.34. The van der Waals surface area contributed by atoms with Gasteiger partial charge in [-0.3, -0.25) is 4.79 Å². The molecule has 1 aromatic carbocycles. The number of benzene rings is 1. The van der Waals surface area contributed by atoms with Crippen LogP contribution >= 0.6 is 0 Å². The maximum atomic E-state index is 10.6. The van der Waals surface area contributed by atoms with E-state index in [-0.39, 0.29) is 5.75 Å². The summed E-state index contributed by atoms with van der Waals surface area (Å²) in [5, 5.41) is 9.71. The van der Waals surface area contributed by atoms with Crippen molar-refractivity contribution in [3.8, 4) is 5.75 Å². The van der Waals surface area contributed by atoms with E-state index < -0.39 is 0 Å². The van der Waals surface area contributed by atoms with Crippen molar-refractivity contribution in [1.29, 1.82) is 0 Å². The van der Waals surface area contributed by atoms with Crippen LogP contribution in [0.3, 0.4) is 0 Å². The maximum absolute atomic E-state index is 10.6. The Kier molecular flexibility index (Phi) is 3.69. The summed E-state index contributed by atoms with van der Waals surface area (Å²) in [5.74, 6) is 0.152. The summed E-state index contributed by atoms with van der Waals surface area (Å²) in [6, 6.07) is 3.65. The fourth-order valence-corrected chi connectivity index (χ4v) is 1.53. The number of aryl methyl sites for hydroxylation is 2. The van der Waals surface area contributed by atoms with Crippen molar-refractivity contribution in [2.75, 3.05) is 0 Å². The van der Waals surface area contributed by atoms with Crippen LogP contribution in [0.4, 0.5) is 0 Å². The van der Waals surface area contributed by atoms with Gasteiger partial charge in [-0.1, -0.05) is 19.4 Å². The highest BCUT2D eigenvalue weighted by Crippen LogP contribution is 2.24. The molecule has 0 aliphatic rings. The summed E-state index contributed by atoms with van der Waals surface area (Å²) in [4.78, 5) is 10.6. The van der Waals surface area contributed by atoms with E-state index >= 15 is 0 Å². The SMILES string of the molecule is CCCCc1cc(C)cc(C=O)c1O. The third-order valence-electron chi connectivity index (χ3n) is 2.29. The van der Waals surface area contributed by atoms with Crippen molar-refractivity contribution in [2.45, 2.75) is 33.1 Å². The molecule has 0 saturated heterocycles. The Morgan fingerprint density at radius 1 is 1.43 bits per heavy atom. The first-order valence-electron chi connectivity index (χ1n) is 4.96. The topological polar surface area (TPSA) is 37.3 Å². The van der Waals surface area contributed by atoms with Crippen molar-refractivity contribution in [2.24, 2.45) is 0 Å². The minimum absolute atomic E-state index is 0.152. The Morgan fingerprint density at radius 2 is 2.14 bits per heavy atom. The average Bonchev–Trinajstić information content (AvgIpc) is 2.18. The number of hydrogen-bond donors (Lipinski definition) is 1. The molecule has 0 amide bonds. The van der Waals surface area contributed by atoms with Crippen molar-refractivity contribution in [3.05, 3.63) is 28.8 Å². The van der Waals surface area contributed by atoms with Crippen LogP contribution in [0.5, 0.6) is 5.75 Å². The lowest BCUT2D eigenvalue weighted by Crippen LogP contribution is -1.92. The van der Waals surface area contributed by atoms with E-state index in [1.165, 1.54) is 0 Å². The highest BCUT2D eigenvalue weighted by Gasteiger charge is 2.07. The molecule has 0 heterocycles. The summed E-state index contributed by atoms with van der Waals surface area (Å²) in [6.45, 7) is 4.04. The molecule has 0 atom stereocenters. The van der Waals surface area contributed by atoms with Crippen LogP contribution in [0.1, 0.15) is 41.3 Å². The van der Waals surface area contributed by atoms with Crippen LogP contribution in [-0.4, -0.2) is 11.4 Å². The highest BCUT2D eigenvalue weighted by molar-refractivity contribution is 5.80. The standard InChI is InChI=1S/C12H16O2/c1-3-4-5-10-6-9(2)7-11(8-13)12(10)14/h6-8,14H,3-5H2,1-2H3. The van der Waals surface area contributed by atoms with Gasteiger partial charge in [0.25, 0.3) is 0 Å². The number of hydrogen-bond acceptors (Lipinski definition) is 2. The first-order chi connectivity index (χ1) is 6.69. The van der Waals surface area contributed by atoms with Crippen LogP contribution in [0.2, 0.25) is 0 Å². The Morgan fingerprint density at radius 3 is 2.71 bits per heavy atom. The van der Waals surface area contributed by atoms with Crippen LogP contribution < -0.4 is 0 Å². The molecule has 0 aliphatic heterocycles. The van der Waals surface area contributed by atoms with Crippen LogP contribution in [-0.2, 0) is 6.42 Å². The molecular weight excluding hydrogens is 176 g/mol. The van der Waals surface area contributed by atoms with E-state index in [0.717, 1.165) is 30.4 Å². The molecule has 0 unspecified atom stereocenters. The smallest absolute Gasteiger partial charge is 0.153 e. The monoisotopic (exact) mass is 192 g/mol. The molecule has 14 heavy (non-hydrogen) atoms. The quantitative estimate of drug-likeness (QED) is 0.745. The predicted molar refractivity (Wildman–Crippen MR) is 56.8 cm³/mol. The minimum Gasteiger partial charge on any atom is -0.507 e. The molecule has 0 aliphatic carbocycles. The summed E-state index contributed by atoms with van der Waals surface area (Å²) in [7, 11) is 0. The lowest BCUT2D eigenvalue weighted by atomic mass is 10.0. The number of unbranched alkanes of at least 4 members (excludes halogenated alkanes) is 1. The molecule has 0 radical (unpaired) electrons. The second-order valence-electron chi connectivity index (χ2n) is 3.58. The van der Waals surface area contributed by atoms with Gasteiger partial charge < -0.3 is 5.11 Å². The van der Waals surface area contributed by atoms with E-state index in [4.69, 9.17) is 0 Å². The molecule has 76 valence electrons. The lowest BCUT2D eigenvalue weighted by Gasteiger charge is -2.07. The molecule has 2 nitrogen and oxygen atoms in total. The van der Waals surface area contributed by atoms with E-state index in [1.54, 1.807) is 6.07 Å². The van der Waals surface area contributed by atoms with Crippen LogP contribution in [0.25, 0.3) is 0 Å². The van der Waals surface area contributed by atoms with Crippen molar-refractivity contribution in [3.63, 3.8) is 0 Å². The van der Waals surface area contributed by atoms with Crippen molar-refractivity contribution >= 4 is 6.29 Å². The van der Waals surface area contributed by atoms with Gasteiger partial charge >= 0.3 is 0 Å². The zero-order chi connectivity index (χ0) is 10.6. The molecule has 1 rings (SSSR count). The van der Waals surface area contributed by atoms with Crippen molar-refractivity contribution < 1.29 is 9.90 Å². The van der Waals surface area contributed by atoms with Gasteiger partial charge in [0.1, 0.15) is 5.75 Å². The van der Waals surface area contributed by atoms with Gasteiger partial charge in [-0.15, -0.1) is 0 Å². The van der Waals surface area contributed by atoms with Gasteiger partial charge in [0.2, 0.25) is 0 Å². The van der Waals surface area contributed by atoms with Gasteiger partial charge in [0.05, 0.1) is 5.56 Å². The molecule has 0 fully saturated rings. The first kappa shape index (κ1) is 10.8. The Balaban J connectivity index is 3.02. The Bertz CT molecular complexity index is 329. The summed E-state index contributed by atoms with van der Waals surface area (Å²) in [6.07, 6.45) is 3.67. The van der Waals surface area contributed by atoms with Gasteiger partial charge in [-0.05, 0) is 37.0 Å². The summed E-state index contributed by atoms with van der Waals surface area (Å²) in [5.41, 5.74) is 2.31. The molecular formula is C12H16O2. The number of rotatable bonds is 4. The fraction of sp³-hybridized carbons (Fsp3) is 0.417. The fourth-order valence-electron chi connectivity index (χ4n) is 1.53. The second kappa shape index (κ2) is 4.80. The number of carbonyl (C=O) groups excluding carboxylic acids is 1. The van der Waals surface area contributed by atoms with Gasteiger partial charge in [-0.25, -0.2) is 0 Å². The maximum Gasteiger partial charge on any atom is 0.153 e. The molecule has 0 spiro atoms. The van der Waals surface area contributed by atoms with E-state index in [1.807, 2.05) is 13.0 Å². The molecule has 0 aromatic heterocycles. The zero-order valence-electron chi connectivity index (χ0n) is 8.71. The van der Waals surface area contributed by atoms with E-state index in [2.05, 4.69) is 6.92 Å². The van der Waals surface area contributed by atoms with E-state index in [9.17, 15) is 9.90 Å². The highest BCUT2D eigenvalue weighted by atomic mass is 16.3. The van der Waals surface area contributed by atoms with Crippen molar-refractivity contribution in [1.82, 2.24) is 0 Å².